The maximum Gasteiger partial charge on any atom is 0.243 e. The smallest absolute Gasteiger partial charge is 0.243 e. The van der Waals surface area contributed by atoms with Gasteiger partial charge in [0.2, 0.25) is 6.33 Å². The summed E-state index contributed by atoms with van der Waals surface area (Å²) in [6.07, 6.45) is 6.20. The summed E-state index contributed by atoms with van der Waals surface area (Å²) in [5, 5.41) is 3.49. The molecule has 4 nitrogen and oxygen atoms in total. The number of halogens is 1. The highest BCUT2D eigenvalue weighted by Crippen LogP contribution is 2.29. The third-order valence-electron chi connectivity index (χ3n) is 4.40. The largest absolute Gasteiger partial charge is 0.381 e. The van der Waals surface area contributed by atoms with Gasteiger partial charge >= 0.3 is 0 Å². The fourth-order valence-corrected chi connectivity index (χ4v) is 4.00. The van der Waals surface area contributed by atoms with Gasteiger partial charge < -0.3 is 10.1 Å². The topological polar surface area (TPSA) is 30.1 Å². The zero-order chi connectivity index (χ0) is 19.8. The molecule has 0 amide bonds. The first-order valence-corrected chi connectivity index (χ1v) is 10.5. The van der Waals surface area contributed by atoms with Gasteiger partial charge in [0.15, 0.2) is 0 Å². The maximum atomic E-state index is 6.11. The van der Waals surface area contributed by atoms with Crippen molar-refractivity contribution in [2.75, 3.05) is 18.5 Å². The van der Waals surface area contributed by atoms with E-state index >= 15 is 0 Å². The predicted molar refractivity (Wildman–Crippen MR) is 116 cm³/mol. The van der Waals surface area contributed by atoms with Gasteiger partial charge in [0.05, 0.1) is 10.9 Å². The Balaban J connectivity index is 1.57. The minimum atomic E-state index is -0.0655. The summed E-state index contributed by atoms with van der Waals surface area (Å²) < 4.78 is 11.1. The lowest BCUT2D eigenvalue weighted by Crippen LogP contribution is -2.35. The molecule has 0 radical (unpaired) electrons. The minimum absolute atomic E-state index is 0.0655. The number of thiophene rings is 1. The summed E-state index contributed by atoms with van der Waals surface area (Å²) in [7, 11) is 0. The molecule has 1 aromatic carbocycles. The molecule has 1 N–H and O–H groups in total. The summed E-state index contributed by atoms with van der Waals surface area (Å²) in [5.41, 5.74) is 2.44. The number of para-hydroxylation sites is 1. The Morgan fingerprint density at radius 1 is 1.29 bits per heavy atom. The van der Waals surface area contributed by atoms with Crippen LogP contribution in [0.3, 0.4) is 0 Å². The summed E-state index contributed by atoms with van der Waals surface area (Å²) in [4.78, 5) is 1.12. The average Bonchev–Trinajstić information content (AvgIpc) is 3.31. The zero-order valence-electron chi connectivity index (χ0n) is 16.2. The second-order valence-corrected chi connectivity index (χ2v) is 8.20. The Labute approximate surface area is 175 Å². The molecule has 3 rings (SSSR count). The first kappa shape index (κ1) is 20.5. The van der Waals surface area contributed by atoms with Crippen molar-refractivity contribution in [1.29, 1.82) is 0 Å². The first-order valence-electron chi connectivity index (χ1n) is 9.26. The summed E-state index contributed by atoms with van der Waals surface area (Å²) in [5.74, 6) is 5.84. The molecule has 2 aromatic heterocycles. The molecule has 146 valence electrons. The van der Waals surface area contributed by atoms with Gasteiger partial charge in [0.1, 0.15) is 38.2 Å². The van der Waals surface area contributed by atoms with E-state index < -0.39 is 0 Å². The van der Waals surface area contributed by atoms with Crippen molar-refractivity contribution in [3.8, 4) is 11.8 Å². The van der Waals surface area contributed by atoms with Crippen molar-refractivity contribution >= 4 is 28.6 Å². The minimum Gasteiger partial charge on any atom is -0.381 e. The van der Waals surface area contributed by atoms with Crippen LogP contribution < -0.4 is 9.88 Å². The molecular weight excluding hydrogens is 390 g/mol. The Morgan fingerprint density at radius 3 is 2.89 bits per heavy atom. The monoisotopic (exact) mass is 414 g/mol. The van der Waals surface area contributed by atoms with Crippen LogP contribution in [0.2, 0.25) is 4.34 Å². The second-order valence-electron chi connectivity index (χ2n) is 6.46. The third kappa shape index (κ3) is 5.87. The number of hydrogen-bond donors (Lipinski definition) is 1. The molecule has 0 bridgehead atoms. The van der Waals surface area contributed by atoms with E-state index in [1.165, 1.54) is 11.3 Å². The Morgan fingerprint density at radius 2 is 2.14 bits per heavy atom. The quantitative estimate of drug-likeness (QED) is 0.406. The lowest BCUT2D eigenvalue weighted by molar-refractivity contribution is -0.704. The van der Waals surface area contributed by atoms with Gasteiger partial charge in [-0.15, -0.1) is 17.3 Å². The maximum absolute atomic E-state index is 6.11. The molecule has 0 aliphatic heterocycles. The van der Waals surface area contributed by atoms with Gasteiger partial charge in [-0.05, 0) is 37.6 Å². The molecule has 0 aliphatic carbocycles. The molecule has 3 aromatic rings. The van der Waals surface area contributed by atoms with Gasteiger partial charge in [-0.25, -0.2) is 9.13 Å². The summed E-state index contributed by atoms with van der Waals surface area (Å²) in [6, 6.07) is 12.3. The summed E-state index contributed by atoms with van der Waals surface area (Å²) >= 11 is 7.66. The number of benzene rings is 1. The van der Waals surface area contributed by atoms with Crippen LogP contribution in [-0.4, -0.2) is 17.7 Å². The van der Waals surface area contributed by atoms with Crippen LogP contribution in [0.1, 0.15) is 23.5 Å². The SMILES string of the molecule is CC#CCOC(C[n+]1ccn(CCNc2ccccc2C)c1)c1ccc(Cl)s1. The standard InChI is InChI=1S/C22H25ClN3OS/c1-3-4-15-27-20(21-9-10-22(23)28-21)16-26-14-13-25(17-26)12-11-24-19-8-6-5-7-18(19)2/h5-10,13-14,17,20,24H,11-12,15-16H2,1-2H3/q+1. The second kappa shape index (κ2) is 10.3. The van der Waals surface area contributed by atoms with Crippen molar-refractivity contribution in [1.82, 2.24) is 4.57 Å². The first-order chi connectivity index (χ1) is 13.7. The number of aryl methyl sites for hydroxylation is 1. The van der Waals surface area contributed by atoms with Gasteiger partial charge in [0.25, 0.3) is 0 Å². The molecule has 0 fully saturated rings. The van der Waals surface area contributed by atoms with Crippen molar-refractivity contribution in [2.24, 2.45) is 0 Å². The summed E-state index contributed by atoms with van der Waals surface area (Å²) in [6.45, 7) is 6.83. The number of hydrogen-bond acceptors (Lipinski definition) is 3. The van der Waals surface area contributed by atoms with Gasteiger partial charge in [-0.3, -0.25) is 0 Å². The van der Waals surface area contributed by atoms with Crippen molar-refractivity contribution in [3.63, 3.8) is 0 Å². The van der Waals surface area contributed by atoms with E-state index in [4.69, 9.17) is 16.3 Å². The predicted octanol–water partition coefficient (Wildman–Crippen LogP) is 4.69. The lowest BCUT2D eigenvalue weighted by atomic mass is 10.2. The van der Waals surface area contributed by atoms with E-state index in [-0.39, 0.29) is 6.10 Å². The zero-order valence-corrected chi connectivity index (χ0v) is 17.8. The average molecular weight is 415 g/mol. The molecule has 6 heteroatoms. The number of aromatic nitrogens is 2. The number of nitrogens with zero attached hydrogens (tertiary/aromatic N) is 2. The Bertz CT molecular complexity index is 954. The Hall–Kier alpha value is -2.26. The molecule has 1 atom stereocenters. The van der Waals surface area contributed by atoms with Crippen molar-refractivity contribution in [3.05, 3.63) is 69.9 Å². The van der Waals surface area contributed by atoms with E-state index in [9.17, 15) is 0 Å². The van der Waals surface area contributed by atoms with Crippen LogP contribution >= 0.6 is 22.9 Å². The molecule has 0 spiro atoms. The van der Waals surface area contributed by atoms with Crippen LogP contribution in [0.4, 0.5) is 5.69 Å². The van der Waals surface area contributed by atoms with E-state index in [2.05, 4.69) is 76.2 Å². The molecule has 0 saturated carbocycles. The molecular formula is C22H25ClN3OS+. The number of rotatable bonds is 9. The van der Waals surface area contributed by atoms with E-state index in [0.29, 0.717) is 6.61 Å². The van der Waals surface area contributed by atoms with Gasteiger partial charge in [0, 0.05) is 10.6 Å². The molecule has 1 unspecified atom stereocenters. The van der Waals surface area contributed by atoms with Crippen LogP contribution in [0.25, 0.3) is 0 Å². The number of ether oxygens (including phenoxy) is 1. The fraction of sp³-hybridized carbons (Fsp3) is 0.318. The molecule has 0 saturated heterocycles. The van der Waals surface area contributed by atoms with Crippen LogP contribution in [0.5, 0.6) is 0 Å². The van der Waals surface area contributed by atoms with E-state index in [0.717, 1.165) is 28.8 Å². The molecule has 0 aliphatic rings. The van der Waals surface area contributed by atoms with Crippen LogP contribution in [0.15, 0.2) is 55.1 Å². The fourth-order valence-electron chi connectivity index (χ4n) is 2.90. The lowest BCUT2D eigenvalue weighted by Gasteiger charge is -2.12. The normalized spacial score (nSPS) is 11.7. The van der Waals surface area contributed by atoms with E-state index in [1.807, 2.05) is 19.1 Å². The Kier molecular flexibility index (Phi) is 7.55. The highest BCUT2D eigenvalue weighted by atomic mass is 35.5. The van der Waals surface area contributed by atoms with Gasteiger partial charge in [-0.1, -0.05) is 35.7 Å². The number of imidazole rings is 1. The van der Waals surface area contributed by atoms with Crippen LogP contribution in [-0.2, 0) is 17.8 Å². The molecule has 2 heterocycles. The van der Waals surface area contributed by atoms with Crippen molar-refractivity contribution < 1.29 is 9.30 Å². The third-order valence-corrected chi connectivity index (χ3v) is 5.72. The number of anilines is 1. The number of nitrogens with one attached hydrogen (secondary N) is 1. The highest BCUT2D eigenvalue weighted by molar-refractivity contribution is 7.16. The van der Waals surface area contributed by atoms with E-state index in [1.54, 1.807) is 11.3 Å². The highest BCUT2D eigenvalue weighted by Gasteiger charge is 2.18. The van der Waals surface area contributed by atoms with Crippen molar-refractivity contribution in [2.45, 2.75) is 33.0 Å². The van der Waals surface area contributed by atoms with Crippen LogP contribution in [0, 0.1) is 18.8 Å². The molecule has 28 heavy (non-hydrogen) atoms. The van der Waals surface area contributed by atoms with Gasteiger partial charge in [-0.2, -0.15) is 0 Å².